The first-order valence-corrected chi connectivity index (χ1v) is 15.3. The van der Waals surface area contributed by atoms with Crippen molar-refractivity contribution in [1.82, 2.24) is 9.80 Å². The number of hydrogen-bond donors (Lipinski definition) is 0. The molecule has 1 fully saturated rings. The first-order valence-electron chi connectivity index (χ1n) is 14.5. The zero-order chi connectivity index (χ0) is 28.3. The lowest BCUT2D eigenvalue weighted by molar-refractivity contribution is 0.121. The van der Waals surface area contributed by atoms with E-state index in [0.717, 1.165) is 75.3 Å². The summed E-state index contributed by atoms with van der Waals surface area (Å²) in [6.45, 7) is 8.74. The average Bonchev–Trinajstić information content (AvgIpc) is 3.43. The van der Waals surface area contributed by atoms with Crippen LogP contribution in [0.3, 0.4) is 0 Å². The maximum atomic E-state index is 13.4. The predicted octanol–water partition coefficient (Wildman–Crippen LogP) is 6.86. The van der Waals surface area contributed by atoms with Gasteiger partial charge in [-0.2, -0.15) is 0 Å². The molecule has 3 aromatic rings. The van der Waals surface area contributed by atoms with E-state index >= 15 is 0 Å². The molecule has 1 saturated heterocycles. The van der Waals surface area contributed by atoms with Gasteiger partial charge in [-0.1, -0.05) is 25.1 Å². The molecule has 0 bridgehead atoms. The Balaban J connectivity index is 1.13. The van der Waals surface area contributed by atoms with Gasteiger partial charge >= 0.3 is 0 Å². The van der Waals surface area contributed by atoms with Crippen LogP contribution in [0.1, 0.15) is 47.1 Å². The molecule has 7 heteroatoms. The summed E-state index contributed by atoms with van der Waals surface area (Å²) < 4.78 is 30.0. The molecule has 1 aliphatic rings. The first-order chi connectivity index (χ1) is 19.5. The number of nitrogens with zero attached hydrogens (tertiary/aromatic N) is 2. The summed E-state index contributed by atoms with van der Waals surface area (Å²) in [7, 11) is 4.99. The minimum atomic E-state index is -0.139. The summed E-state index contributed by atoms with van der Waals surface area (Å²) in [5.74, 6) is 2.70. The van der Waals surface area contributed by atoms with Crippen LogP contribution in [-0.2, 0) is 25.8 Å². The third-order valence-electron chi connectivity index (χ3n) is 7.96. The molecular formula is C33H45FN2O3S. The molecule has 5 nitrogen and oxygen atoms in total. The van der Waals surface area contributed by atoms with Crippen LogP contribution in [0.15, 0.2) is 48.5 Å². The highest BCUT2D eigenvalue weighted by atomic mass is 32.1. The Kier molecular flexibility index (Phi) is 11.7. The molecular weight excluding hydrogens is 523 g/mol. The van der Waals surface area contributed by atoms with Crippen molar-refractivity contribution in [3.63, 3.8) is 0 Å². The van der Waals surface area contributed by atoms with Crippen molar-refractivity contribution in [2.45, 2.75) is 52.0 Å². The van der Waals surface area contributed by atoms with Crippen LogP contribution < -0.4 is 14.2 Å². The van der Waals surface area contributed by atoms with Gasteiger partial charge in [0.1, 0.15) is 5.82 Å². The average molecular weight is 569 g/mol. The minimum absolute atomic E-state index is 0.139. The third-order valence-corrected chi connectivity index (χ3v) is 9.17. The van der Waals surface area contributed by atoms with E-state index in [0.29, 0.717) is 17.4 Å². The molecule has 0 spiro atoms. The second-order valence-electron chi connectivity index (χ2n) is 10.9. The van der Waals surface area contributed by atoms with Crippen LogP contribution in [0, 0.1) is 11.7 Å². The summed E-state index contributed by atoms with van der Waals surface area (Å²) >= 11 is 1.95. The van der Waals surface area contributed by atoms with E-state index in [1.807, 2.05) is 23.5 Å². The molecule has 40 heavy (non-hydrogen) atoms. The lowest BCUT2D eigenvalue weighted by atomic mass is 10.0. The Bertz CT molecular complexity index is 1190. The maximum Gasteiger partial charge on any atom is 0.203 e. The van der Waals surface area contributed by atoms with Crippen molar-refractivity contribution in [3.8, 4) is 17.2 Å². The maximum absolute atomic E-state index is 13.4. The fourth-order valence-corrected chi connectivity index (χ4v) is 6.56. The monoisotopic (exact) mass is 568 g/mol. The zero-order valence-corrected chi connectivity index (χ0v) is 25.4. The van der Waals surface area contributed by atoms with E-state index in [4.69, 9.17) is 14.2 Å². The molecule has 1 unspecified atom stereocenters. The largest absolute Gasteiger partial charge is 0.493 e. The predicted molar refractivity (Wildman–Crippen MR) is 163 cm³/mol. The van der Waals surface area contributed by atoms with Gasteiger partial charge in [0.15, 0.2) is 11.5 Å². The van der Waals surface area contributed by atoms with E-state index in [1.54, 1.807) is 33.5 Å². The highest BCUT2D eigenvalue weighted by Crippen LogP contribution is 2.40. The summed E-state index contributed by atoms with van der Waals surface area (Å²) in [6, 6.07) is 15.6. The van der Waals surface area contributed by atoms with Gasteiger partial charge in [0.05, 0.1) is 21.3 Å². The van der Waals surface area contributed by atoms with Gasteiger partial charge in [-0.25, -0.2) is 4.39 Å². The zero-order valence-electron chi connectivity index (χ0n) is 24.6. The topological polar surface area (TPSA) is 34.2 Å². The molecule has 1 aromatic heterocycles. The number of rotatable bonds is 15. The molecule has 0 saturated carbocycles. The Morgan fingerprint density at radius 1 is 0.800 bits per heavy atom. The van der Waals surface area contributed by atoms with E-state index in [1.165, 1.54) is 35.2 Å². The Morgan fingerprint density at radius 2 is 1.52 bits per heavy atom. The number of halogens is 1. The minimum Gasteiger partial charge on any atom is -0.493 e. The van der Waals surface area contributed by atoms with E-state index in [2.05, 4.69) is 34.9 Å². The molecule has 218 valence electrons. The lowest BCUT2D eigenvalue weighted by Crippen LogP contribution is -2.46. The number of methoxy groups -OCH3 is 3. The molecule has 4 rings (SSSR count). The molecule has 2 aromatic carbocycles. The van der Waals surface area contributed by atoms with Crippen LogP contribution in [0.25, 0.3) is 0 Å². The fourth-order valence-electron chi connectivity index (χ4n) is 5.49. The van der Waals surface area contributed by atoms with Crippen molar-refractivity contribution in [3.05, 3.63) is 75.2 Å². The van der Waals surface area contributed by atoms with Crippen LogP contribution in [-0.4, -0.2) is 63.9 Å². The Morgan fingerprint density at radius 3 is 2.23 bits per heavy atom. The molecule has 2 heterocycles. The molecule has 0 N–H and O–H groups in total. The Hall–Kier alpha value is -2.61. The molecule has 1 atom stereocenters. The second-order valence-corrected chi connectivity index (χ2v) is 12.1. The number of aryl methyl sites for hydroxylation is 3. The van der Waals surface area contributed by atoms with Gasteiger partial charge in [-0.05, 0) is 86.9 Å². The standard InChI is InChI=1S/C33H45FN2O3S/c1-25(11-13-30-15-14-29(40-30)10-6-8-26-7-5-9-28(34)23-26)17-18-35-19-21-36(22-20-35)24-27-12-16-31(37-2)33(39-4)32(27)38-3/h5,7,9,12,14-16,23,25H,6,8,10-11,13,17-22,24H2,1-4H3. The van der Waals surface area contributed by atoms with Crippen molar-refractivity contribution >= 4 is 11.3 Å². The number of thiophene rings is 1. The number of piperazine rings is 1. The van der Waals surface area contributed by atoms with Crippen LogP contribution in [0.2, 0.25) is 0 Å². The van der Waals surface area contributed by atoms with Gasteiger partial charge in [0.2, 0.25) is 5.75 Å². The van der Waals surface area contributed by atoms with E-state index in [-0.39, 0.29) is 5.82 Å². The van der Waals surface area contributed by atoms with Crippen molar-refractivity contribution in [2.24, 2.45) is 5.92 Å². The normalized spacial score (nSPS) is 15.2. The van der Waals surface area contributed by atoms with Gasteiger partial charge < -0.3 is 19.1 Å². The second kappa shape index (κ2) is 15.4. The summed E-state index contributed by atoms with van der Waals surface area (Å²) in [6.07, 6.45) is 6.71. The fraction of sp³-hybridized carbons (Fsp3) is 0.515. The smallest absolute Gasteiger partial charge is 0.203 e. The van der Waals surface area contributed by atoms with Gasteiger partial charge in [-0.3, -0.25) is 4.90 Å². The van der Waals surface area contributed by atoms with Crippen molar-refractivity contribution in [1.29, 1.82) is 0 Å². The van der Waals surface area contributed by atoms with Crippen LogP contribution >= 0.6 is 11.3 Å². The van der Waals surface area contributed by atoms with Crippen LogP contribution in [0.5, 0.6) is 17.2 Å². The number of ether oxygens (including phenoxy) is 3. The molecule has 1 aliphatic heterocycles. The van der Waals surface area contributed by atoms with Gasteiger partial charge in [-0.15, -0.1) is 11.3 Å². The summed E-state index contributed by atoms with van der Waals surface area (Å²) in [4.78, 5) is 8.05. The Labute approximate surface area is 243 Å². The van der Waals surface area contributed by atoms with E-state index in [9.17, 15) is 4.39 Å². The molecule has 0 amide bonds. The summed E-state index contributed by atoms with van der Waals surface area (Å²) in [5, 5.41) is 0. The number of benzene rings is 2. The van der Waals surface area contributed by atoms with Crippen molar-refractivity contribution < 1.29 is 18.6 Å². The number of hydrogen-bond acceptors (Lipinski definition) is 6. The van der Waals surface area contributed by atoms with E-state index < -0.39 is 0 Å². The molecule has 0 radical (unpaired) electrons. The third kappa shape index (κ3) is 8.69. The van der Waals surface area contributed by atoms with Crippen LogP contribution in [0.4, 0.5) is 4.39 Å². The van der Waals surface area contributed by atoms with Gasteiger partial charge in [0.25, 0.3) is 0 Å². The highest BCUT2D eigenvalue weighted by Gasteiger charge is 2.21. The lowest BCUT2D eigenvalue weighted by Gasteiger charge is -2.35. The highest BCUT2D eigenvalue weighted by molar-refractivity contribution is 7.11. The summed E-state index contributed by atoms with van der Waals surface area (Å²) in [5.41, 5.74) is 2.22. The quantitative estimate of drug-likeness (QED) is 0.200. The van der Waals surface area contributed by atoms with Gasteiger partial charge in [0, 0.05) is 48.0 Å². The first kappa shape index (κ1) is 30.4. The molecule has 0 aliphatic carbocycles. The van der Waals surface area contributed by atoms with Crippen molar-refractivity contribution in [2.75, 3.05) is 54.1 Å². The SMILES string of the molecule is COc1ccc(CN2CCN(CCC(C)CCc3ccc(CCCc4cccc(F)c4)s3)CC2)c(OC)c1OC.